The zero-order valence-electron chi connectivity index (χ0n) is 22.2. The van der Waals surface area contributed by atoms with Crippen molar-refractivity contribution < 1.29 is 13.2 Å². The summed E-state index contributed by atoms with van der Waals surface area (Å²) in [7, 11) is 1.58. The Balaban J connectivity index is 1.42. The molecule has 0 radical (unpaired) electrons. The van der Waals surface area contributed by atoms with Gasteiger partial charge in [-0.2, -0.15) is 18.4 Å². The summed E-state index contributed by atoms with van der Waals surface area (Å²) in [4.78, 5) is 15.4. The molecule has 1 aliphatic carbocycles. The first-order valence-corrected chi connectivity index (χ1v) is 13.0. The van der Waals surface area contributed by atoms with Gasteiger partial charge in [0.1, 0.15) is 11.6 Å². The fraction of sp³-hybridized carbons (Fsp3) is 0.379. The fourth-order valence-corrected chi connectivity index (χ4v) is 5.08. The molecule has 0 spiro atoms. The number of nitrogens with zero attached hydrogens (tertiary/aromatic N) is 6. The van der Waals surface area contributed by atoms with Crippen LogP contribution in [0.4, 0.5) is 19.0 Å². The van der Waals surface area contributed by atoms with Crippen LogP contribution in [0.25, 0.3) is 17.0 Å². The van der Waals surface area contributed by atoms with Gasteiger partial charge in [-0.1, -0.05) is 55.8 Å². The van der Waals surface area contributed by atoms with Crippen LogP contribution in [0.3, 0.4) is 0 Å². The van der Waals surface area contributed by atoms with E-state index in [1.807, 2.05) is 30.4 Å². The van der Waals surface area contributed by atoms with Gasteiger partial charge < -0.3 is 14.8 Å². The van der Waals surface area contributed by atoms with E-state index in [1.54, 1.807) is 11.9 Å². The van der Waals surface area contributed by atoms with Crippen molar-refractivity contribution in [2.45, 2.75) is 51.7 Å². The standard InChI is InChI=1S/C29H30F3N7/c1-18(2)21-6-4-5-7-22(21)27-35-24-12-13-39(17-33)15-23(24)26(37-27)34-14-19-8-10-20(11-9-19)28-36-25(16-38(28)3)29(30,31)32/h4-8,10,16,18H,9,11-15H2,1-3H3,(H,34,35,37). The predicted molar refractivity (Wildman–Crippen MR) is 143 cm³/mol. The molecule has 39 heavy (non-hydrogen) atoms. The normalized spacial score (nSPS) is 15.5. The largest absolute Gasteiger partial charge is 0.434 e. The number of aryl methyl sites for hydroxylation is 1. The average Bonchev–Trinajstić information content (AvgIpc) is 3.33. The smallest absolute Gasteiger partial charge is 0.366 e. The molecule has 5 rings (SSSR count). The Hall–Kier alpha value is -4.13. The molecule has 0 unspecified atom stereocenters. The Morgan fingerprint density at radius 3 is 2.54 bits per heavy atom. The molecule has 0 saturated heterocycles. The van der Waals surface area contributed by atoms with Crippen molar-refractivity contribution in [3.63, 3.8) is 0 Å². The second kappa shape index (κ2) is 10.6. The van der Waals surface area contributed by atoms with Gasteiger partial charge in [-0.25, -0.2) is 15.0 Å². The summed E-state index contributed by atoms with van der Waals surface area (Å²) in [6, 6.07) is 8.16. The monoisotopic (exact) mass is 533 g/mol. The fourth-order valence-electron chi connectivity index (χ4n) is 5.08. The molecule has 0 saturated carbocycles. The Morgan fingerprint density at radius 2 is 1.87 bits per heavy atom. The van der Waals surface area contributed by atoms with Gasteiger partial charge in [0.05, 0.1) is 12.2 Å². The number of imidazole rings is 1. The van der Waals surface area contributed by atoms with Gasteiger partial charge in [0.2, 0.25) is 0 Å². The van der Waals surface area contributed by atoms with Crippen molar-refractivity contribution in [3.05, 3.63) is 76.5 Å². The van der Waals surface area contributed by atoms with Crippen molar-refractivity contribution in [3.8, 4) is 17.6 Å². The predicted octanol–water partition coefficient (Wildman–Crippen LogP) is 6.07. The van der Waals surface area contributed by atoms with Crippen molar-refractivity contribution in [1.82, 2.24) is 24.4 Å². The van der Waals surface area contributed by atoms with E-state index in [0.717, 1.165) is 34.2 Å². The molecule has 202 valence electrons. The molecular formula is C29H30F3N7. The van der Waals surface area contributed by atoms with Crippen LogP contribution in [0.2, 0.25) is 0 Å². The first-order chi connectivity index (χ1) is 18.6. The molecule has 2 aliphatic rings. The molecule has 2 aromatic heterocycles. The van der Waals surface area contributed by atoms with Crippen molar-refractivity contribution >= 4 is 11.4 Å². The van der Waals surface area contributed by atoms with E-state index in [2.05, 4.69) is 36.4 Å². The molecule has 3 heterocycles. The van der Waals surface area contributed by atoms with E-state index >= 15 is 0 Å². The maximum atomic E-state index is 13.1. The minimum absolute atomic E-state index is 0.311. The van der Waals surface area contributed by atoms with E-state index in [4.69, 9.17) is 9.97 Å². The molecule has 10 heteroatoms. The van der Waals surface area contributed by atoms with Gasteiger partial charge in [0, 0.05) is 43.9 Å². The minimum atomic E-state index is -4.47. The van der Waals surface area contributed by atoms with Crippen LogP contribution in [0.5, 0.6) is 0 Å². The first-order valence-electron chi connectivity index (χ1n) is 13.0. The lowest BCUT2D eigenvalue weighted by Crippen LogP contribution is -2.29. The number of aromatic nitrogens is 4. The van der Waals surface area contributed by atoms with E-state index in [1.165, 1.54) is 10.1 Å². The quantitative estimate of drug-likeness (QED) is 0.387. The lowest BCUT2D eigenvalue weighted by molar-refractivity contribution is -0.141. The number of hydrogen-bond acceptors (Lipinski definition) is 6. The maximum Gasteiger partial charge on any atom is 0.434 e. The summed E-state index contributed by atoms with van der Waals surface area (Å²) in [6.07, 6.45) is 4.52. The van der Waals surface area contributed by atoms with Crippen LogP contribution in [0.1, 0.15) is 60.9 Å². The number of nitrogens with one attached hydrogen (secondary N) is 1. The number of allylic oxidation sites excluding steroid dienone is 3. The van der Waals surface area contributed by atoms with Crippen LogP contribution in [0.15, 0.2) is 48.2 Å². The van der Waals surface area contributed by atoms with E-state index < -0.39 is 11.9 Å². The molecule has 3 aromatic rings. The molecule has 1 aliphatic heterocycles. The Morgan fingerprint density at radius 1 is 1.08 bits per heavy atom. The summed E-state index contributed by atoms with van der Waals surface area (Å²) >= 11 is 0. The van der Waals surface area contributed by atoms with Crippen molar-refractivity contribution in [1.29, 1.82) is 5.26 Å². The number of hydrogen-bond donors (Lipinski definition) is 1. The Labute approximate surface area is 225 Å². The Bertz CT molecular complexity index is 1490. The van der Waals surface area contributed by atoms with Gasteiger partial charge in [0.15, 0.2) is 17.7 Å². The molecule has 1 N–H and O–H groups in total. The van der Waals surface area contributed by atoms with Gasteiger partial charge >= 0.3 is 6.18 Å². The highest BCUT2D eigenvalue weighted by Gasteiger charge is 2.35. The van der Waals surface area contributed by atoms with Crippen molar-refractivity contribution in [2.75, 3.05) is 18.4 Å². The zero-order chi connectivity index (χ0) is 27.7. The van der Waals surface area contributed by atoms with E-state index in [-0.39, 0.29) is 0 Å². The highest BCUT2D eigenvalue weighted by molar-refractivity contribution is 5.66. The minimum Gasteiger partial charge on any atom is -0.366 e. The summed E-state index contributed by atoms with van der Waals surface area (Å²) < 4.78 is 40.7. The second-order valence-electron chi connectivity index (χ2n) is 10.3. The summed E-state index contributed by atoms with van der Waals surface area (Å²) in [6.45, 7) is 5.89. The van der Waals surface area contributed by atoms with Crippen LogP contribution in [0, 0.1) is 11.5 Å². The van der Waals surface area contributed by atoms with Gasteiger partial charge in [0.25, 0.3) is 0 Å². The molecule has 0 atom stereocenters. The highest BCUT2D eigenvalue weighted by atomic mass is 19.4. The van der Waals surface area contributed by atoms with Crippen LogP contribution >= 0.6 is 0 Å². The molecule has 1 aromatic carbocycles. The van der Waals surface area contributed by atoms with Crippen molar-refractivity contribution in [2.24, 2.45) is 7.05 Å². The molecular weight excluding hydrogens is 503 g/mol. The molecule has 0 fully saturated rings. The number of benzene rings is 1. The van der Waals surface area contributed by atoms with Gasteiger partial charge in [-0.05, 0) is 29.9 Å². The second-order valence-corrected chi connectivity index (χ2v) is 10.3. The lowest BCUT2D eigenvalue weighted by Gasteiger charge is -2.26. The molecule has 0 amide bonds. The number of halogens is 3. The third-order valence-corrected chi connectivity index (χ3v) is 7.20. The summed E-state index contributed by atoms with van der Waals surface area (Å²) in [5, 5.41) is 13.0. The highest BCUT2D eigenvalue weighted by Crippen LogP contribution is 2.34. The number of nitriles is 1. The van der Waals surface area contributed by atoms with Crippen LogP contribution in [-0.4, -0.2) is 37.5 Å². The van der Waals surface area contributed by atoms with Crippen LogP contribution < -0.4 is 5.32 Å². The van der Waals surface area contributed by atoms with E-state index in [9.17, 15) is 18.4 Å². The van der Waals surface area contributed by atoms with Gasteiger partial charge in [-0.3, -0.25) is 0 Å². The van der Waals surface area contributed by atoms with Crippen LogP contribution in [-0.2, 0) is 26.2 Å². The maximum absolute atomic E-state index is 13.1. The number of fused-ring (bicyclic) bond motifs is 1. The average molecular weight is 534 g/mol. The third kappa shape index (κ3) is 5.53. The first kappa shape index (κ1) is 26.5. The Kier molecular flexibility index (Phi) is 7.17. The van der Waals surface area contributed by atoms with Gasteiger partial charge in [-0.15, -0.1) is 0 Å². The number of rotatable bonds is 6. The number of alkyl halides is 3. The van der Waals surface area contributed by atoms with E-state index in [0.29, 0.717) is 62.3 Å². The number of anilines is 1. The SMILES string of the molecule is CC(C)c1ccccc1-c1nc2c(c(NCC3=CC=C(c4nc(C(F)(F)F)cn4C)CC3)n1)CN(C#N)CC2. The summed E-state index contributed by atoms with van der Waals surface area (Å²) in [5.74, 6) is 2.02. The summed E-state index contributed by atoms with van der Waals surface area (Å²) in [5.41, 5.74) is 5.04. The topological polar surface area (TPSA) is 82.7 Å². The third-order valence-electron chi connectivity index (χ3n) is 7.20. The zero-order valence-corrected chi connectivity index (χ0v) is 22.2. The molecule has 0 bridgehead atoms. The lowest BCUT2D eigenvalue weighted by atomic mass is 9.96. The molecule has 7 nitrogen and oxygen atoms in total.